The van der Waals surface area contributed by atoms with Gasteiger partial charge in [0.25, 0.3) is 5.91 Å². The lowest BCUT2D eigenvalue weighted by atomic mass is 10.0. The summed E-state index contributed by atoms with van der Waals surface area (Å²) in [5.41, 5.74) is 2.85. The summed E-state index contributed by atoms with van der Waals surface area (Å²) in [5.74, 6) is 0.818. The minimum atomic E-state index is -0.0454. The van der Waals surface area contributed by atoms with E-state index < -0.39 is 0 Å². The number of amides is 1. The van der Waals surface area contributed by atoms with Crippen molar-refractivity contribution in [3.05, 3.63) is 65.2 Å². The number of nitrogens with one attached hydrogen (secondary N) is 1. The van der Waals surface area contributed by atoms with Crippen LogP contribution in [0.5, 0.6) is 5.75 Å². The Balaban J connectivity index is 2.16. The second-order valence-electron chi connectivity index (χ2n) is 5.03. The van der Waals surface area contributed by atoms with Gasteiger partial charge in [0.2, 0.25) is 0 Å². The van der Waals surface area contributed by atoms with Crippen molar-refractivity contribution >= 4 is 5.91 Å². The number of carbonyl (C=O) groups excluding carboxylic acids is 1. The Morgan fingerprint density at radius 2 is 1.90 bits per heavy atom. The molecule has 3 heteroatoms. The molecule has 2 rings (SSSR count). The fourth-order valence-corrected chi connectivity index (χ4v) is 2.37. The summed E-state index contributed by atoms with van der Waals surface area (Å²) >= 11 is 0. The zero-order valence-corrected chi connectivity index (χ0v) is 12.7. The molecule has 3 nitrogen and oxygen atoms in total. The maximum absolute atomic E-state index is 12.3. The van der Waals surface area contributed by atoms with Gasteiger partial charge < -0.3 is 10.1 Å². The monoisotopic (exact) mass is 283 g/mol. The smallest absolute Gasteiger partial charge is 0.251 e. The molecule has 0 heterocycles. The van der Waals surface area contributed by atoms with E-state index in [1.54, 1.807) is 7.11 Å². The quantitative estimate of drug-likeness (QED) is 0.904. The average molecular weight is 283 g/mol. The number of methoxy groups -OCH3 is 1. The van der Waals surface area contributed by atoms with E-state index in [1.165, 1.54) is 0 Å². The number of ether oxygens (including phenoxy) is 1. The predicted octanol–water partition coefficient (Wildman–Crippen LogP) is 3.88. The first-order valence-electron chi connectivity index (χ1n) is 7.16. The zero-order valence-electron chi connectivity index (χ0n) is 12.7. The fourth-order valence-electron chi connectivity index (χ4n) is 2.37. The van der Waals surface area contributed by atoms with E-state index in [-0.39, 0.29) is 11.9 Å². The second-order valence-corrected chi connectivity index (χ2v) is 5.03. The number of hydrogen-bond donors (Lipinski definition) is 1. The van der Waals surface area contributed by atoms with Crippen LogP contribution in [0.25, 0.3) is 0 Å². The largest absolute Gasteiger partial charge is 0.496 e. The molecule has 0 fully saturated rings. The summed E-state index contributed by atoms with van der Waals surface area (Å²) < 4.78 is 5.28. The standard InChI is InChI=1S/C18H21NO2/c1-4-16(15-10-11-17(21-3)13(2)12-15)19-18(20)14-8-6-5-7-9-14/h5-12,16H,4H2,1-3H3,(H,19,20). The van der Waals surface area contributed by atoms with Gasteiger partial charge in [-0.05, 0) is 42.7 Å². The van der Waals surface area contributed by atoms with Crippen LogP contribution in [0.3, 0.4) is 0 Å². The Morgan fingerprint density at radius 3 is 2.48 bits per heavy atom. The molecule has 110 valence electrons. The molecule has 0 saturated heterocycles. The Kier molecular flexibility index (Phi) is 4.99. The van der Waals surface area contributed by atoms with E-state index in [0.717, 1.165) is 23.3 Å². The lowest BCUT2D eigenvalue weighted by Crippen LogP contribution is -2.28. The van der Waals surface area contributed by atoms with Crippen LogP contribution in [0.1, 0.15) is 40.9 Å². The SMILES string of the molecule is CCC(NC(=O)c1ccccc1)c1ccc(OC)c(C)c1. The highest BCUT2D eigenvalue weighted by Gasteiger charge is 2.14. The van der Waals surface area contributed by atoms with Crippen molar-refractivity contribution in [2.24, 2.45) is 0 Å². The lowest BCUT2D eigenvalue weighted by molar-refractivity contribution is 0.0935. The van der Waals surface area contributed by atoms with Crippen molar-refractivity contribution in [1.82, 2.24) is 5.32 Å². The van der Waals surface area contributed by atoms with Gasteiger partial charge >= 0.3 is 0 Å². The van der Waals surface area contributed by atoms with Gasteiger partial charge in [-0.15, -0.1) is 0 Å². The topological polar surface area (TPSA) is 38.3 Å². The van der Waals surface area contributed by atoms with Crippen LogP contribution < -0.4 is 10.1 Å². The van der Waals surface area contributed by atoms with E-state index in [2.05, 4.69) is 18.3 Å². The highest BCUT2D eigenvalue weighted by molar-refractivity contribution is 5.94. The van der Waals surface area contributed by atoms with Gasteiger partial charge in [-0.3, -0.25) is 4.79 Å². The first-order chi connectivity index (χ1) is 10.2. The van der Waals surface area contributed by atoms with Crippen LogP contribution in [-0.4, -0.2) is 13.0 Å². The first kappa shape index (κ1) is 15.1. The van der Waals surface area contributed by atoms with Gasteiger partial charge in [-0.1, -0.05) is 37.3 Å². The number of benzene rings is 2. The molecule has 1 atom stereocenters. The van der Waals surface area contributed by atoms with Gasteiger partial charge in [0, 0.05) is 5.56 Å². The van der Waals surface area contributed by atoms with Crippen LogP contribution in [0.15, 0.2) is 48.5 Å². The van der Waals surface area contributed by atoms with E-state index in [0.29, 0.717) is 5.56 Å². The normalized spacial score (nSPS) is 11.8. The van der Waals surface area contributed by atoms with Gasteiger partial charge in [0.1, 0.15) is 5.75 Å². The summed E-state index contributed by atoms with van der Waals surface area (Å²) in [6.45, 7) is 4.07. The maximum atomic E-state index is 12.3. The Morgan fingerprint density at radius 1 is 1.19 bits per heavy atom. The summed E-state index contributed by atoms with van der Waals surface area (Å²) in [4.78, 5) is 12.3. The molecule has 0 aliphatic heterocycles. The summed E-state index contributed by atoms with van der Waals surface area (Å²) in [7, 11) is 1.66. The molecule has 0 saturated carbocycles. The van der Waals surface area contributed by atoms with E-state index in [4.69, 9.17) is 4.74 Å². The maximum Gasteiger partial charge on any atom is 0.251 e. The molecule has 21 heavy (non-hydrogen) atoms. The molecule has 1 unspecified atom stereocenters. The molecule has 0 aliphatic rings. The Labute approximate surface area is 126 Å². The molecular weight excluding hydrogens is 262 g/mol. The summed E-state index contributed by atoms with van der Waals surface area (Å²) in [5, 5.41) is 3.08. The third-order valence-corrected chi connectivity index (χ3v) is 3.57. The highest BCUT2D eigenvalue weighted by Crippen LogP contribution is 2.24. The molecule has 2 aromatic rings. The second kappa shape index (κ2) is 6.93. The van der Waals surface area contributed by atoms with Gasteiger partial charge in [0.05, 0.1) is 13.2 Å². The molecular formula is C18H21NO2. The third-order valence-electron chi connectivity index (χ3n) is 3.57. The van der Waals surface area contributed by atoms with Crippen molar-refractivity contribution in [2.45, 2.75) is 26.3 Å². The first-order valence-corrected chi connectivity index (χ1v) is 7.16. The predicted molar refractivity (Wildman–Crippen MR) is 84.7 cm³/mol. The summed E-state index contributed by atoms with van der Waals surface area (Å²) in [6.07, 6.45) is 0.838. The van der Waals surface area contributed by atoms with E-state index >= 15 is 0 Å². The van der Waals surface area contributed by atoms with Crippen LogP contribution in [-0.2, 0) is 0 Å². The van der Waals surface area contributed by atoms with Gasteiger partial charge in [-0.2, -0.15) is 0 Å². The molecule has 0 aromatic heterocycles. The number of aryl methyl sites for hydroxylation is 1. The van der Waals surface area contributed by atoms with Gasteiger partial charge in [0.15, 0.2) is 0 Å². The minimum absolute atomic E-state index is 0.00214. The molecule has 0 radical (unpaired) electrons. The van der Waals surface area contributed by atoms with Crippen molar-refractivity contribution in [1.29, 1.82) is 0 Å². The molecule has 0 spiro atoms. The minimum Gasteiger partial charge on any atom is -0.496 e. The molecule has 0 aliphatic carbocycles. The van der Waals surface area contributed by atoms with E-state index in [9.17, 15) is 4.79 Å². The number of rotatable bonds is 5. The molecule has 0 bridgehead atoms. The van der Waals surface area contributed by atoms with Crippen molar-refractivity contribution in [3.8, 4) is 5.75 Å². The fraction of sp³-hybridized carbons (Fsp3) is 0.278. The van der Waals surface area contributed by atoms with Crippen LogP contribution in [0, 0.1) is 6.92 Å². The zero-order chi connectivity index (χ0) is 15.2. The van der Waals surface area contributed by atoms with Crippen LogP contribution >= 0.6 is 0 Å². The third kappa shape index (κ3) is 3.63. The number of carbonyl (C=O) groups is 1. The Hall–Kier alpha value is -2.29. The summed E-state index contributed by atoms with van der Waals surface area (Å²) in [6, 6.07) is 15.3. The van der Waals surface area contributed by atoms with Crippen LogP contribution in [0.4, 0.5) is 0 Å². The van der Waals surface area contributed by atoms with Gasteiger partial charge in [-0.25, -0.2) is 0 Å². The molecule has 1 amide bonds. The lowest BCUT2D eigenvalue weighted by Gasteiger charge is -2.19. The average Bonchev–Trinajstić information content (AvgIpc) is 2.53. The van der Waals surface area contributed by atoms with Crippen LogP contribution in [0.2, 0.25) is 0 Å². The molecule has 1 N–H and O–H groups in total. The number of hydrogen-bond acceptors (Lipinski definition) is 2. The Bertz CT molecular complexity index is 608. The van der Waals surface area contributed by atoms with Crippen molar-refractivity contribution in [3.63, 3.8) is 0 Å². The molecule has 2 aromatic carbocycles. The van der Waals surface area contributed by atoms with Crippen molar-refractivity contribution < 1.29 is 9.53 Å². The van der Waals surface area contributed by atoms with Crippen molar-refractivity contribution in [2.75, 3.05) is 7.11 Å². The highest BCUT2D eigenvalue weighted by atomic mass is 16.5. The van der Waals surface area contributed by atoms with E-state index in [1.807, 2.05) is 49.4 Å².